The Kier molecular flexibility index (Phi) is 5.08. The SMILES string of the molecule is CNc1cc(Nc2cc(OC)ccc2Br)nc(SC)n1. The summed E-state index contributed by atoms with van der Waals surface area (Å²) in [5.41, 5.74) is 0.886. The number of aromatic nitrogens is 2. The lowest BCUT2D eigenvalue weighted by atomic mass is 10.3. The number of ether oxygens (including phenoxy) is 1. The van der Waals surface area contributed by atoms with E-state index in [2.05, 4.69) is 36.5 Å². The lowest BCUT2D eigenvalue weighted by Gasteiger charge is -2.11. The van der Waals surface area contributed by atoms with E-state index in [1.807, 2.05) is 37.6 Å². The maximum absolute atomic E-state index is 5.23. The van der Waals surface area contributed by atoms with E-state index in [9.17, 15) is 0 Å². The summed E-state index contributed by atoms with van der Waals surface area (Å²) in [7, 11) is 3.47. The Labute approximate surface area is 130 Å². The lowest BCUT2D eigenvalue weighted by Crippen LogP contribution is -2.01. The van der Waals surface area contributed by atoms with Crippen LogP contribution in [0.3, 0.4) is 0 Å². The number of nitrogens with one attached hydrogen (secondary N) is 2. The van der Waals surface area contributed by atoms with Crippen molar-refractivity contribution < 1.29 is 4.74 Å². The van der Waals surface area contributed by atoms with Crippen molar-refractivity contribution in [2.24, 2.45) is 0 Å². The van der Waals surface area contributed by atoms with Gasteiger partial charge in [0.1, 0.15) is 17.4 Å². The Morgan fingerprint density at radius 2 is 1.95 bits per heavy atom. The molecule has 2 rings (SSSR count). The number of hydrogen-bond donors (Lipinski definition) is 2. The Balaban J connectivity index is 2.33. The van der Waals surface area contributed by atoms with Gasteiger partial charge in [0.15, 0.2) is 5.16 Å². The molecule has 0 atom stereocenters. The monoisotopic (exact) mass is 354 g/mol. The zero-order chi connectivity index (χ0) is 14.5. The van der Waals surface area contributed by atoms with Crippen LogP contribution in [0, 0.1) is 0 Å². The van der Waals surface area contributed by atoms with Crippen LogP contribution in [0.4, 0.5) is 17.3 Å². The maximum atomic E-state index is 5.23. The first-order valence-electron chi connectivity index (χ1n) is 5.87. The highest BCUT2D eigenvalue weighted by atomic mass is 79.9. The third kappa shape index (κ3) is 3.55. The van der Waals surface area contributed by atoms with Crippen LogP contribution in [-0.2, 0) is 0 Å². The van der Waals surface area contributed by atoms with Crippen molar-refractivity contribution in [3.63, 3.8) is 0 Å². The second-order valence-electron chi connectivity index (χ2n) is 3.85. The number of halogens is 1. The summed E-state index contributed by atoms with van der Waals surface area (Å²) in [6.45, 7) is 0. The summed E-state index contributed by atoms with van der Waals surface area (Å²) < 4.78 is 6.17. The predicted molar refractivity (Wildman–Crippen MR) is 87.3 cm³/mol. The van der Waals surface area contributed by atoms with Crippen LogP contribution in [0.5, 0.6) is 5.75 Å². The number of rotatable bonds is 5. The summed E-state index contributed by atoms with van der Waals surface area (Å²) >= 11 is 5.00. The van der Waals surface area contributed by atoms with Gasteiger partial charge in [-0.3, -0.25) is 0 Å². The molecule has 0 aliphatic heterocycles. The van der Waals surface area contributed by atoms with Gasteiger partial charge in [0.25, 0.3) is 0 Å². The molecule has 0 fully saturated rings. The Bertz CT molecular complexity index is 587. The van der Waals surface area contributed by atoms with Crippen LogP contribution < -0.4 is 15.4 Å². The molecular weight excluding hydrogens is 340 g/mol. The third-order valence-corrected chi connectivity index (χ3v) is 3.82. The Hall–Kier alpha value is -1.47. The highest BCUT2D eigenvalue weighted by Crippen LogP contribution is 2.30. The molecule has 0 unspecified atom stereocenters. The molecule has 0 aliphatic carbocycles. The van der Waals surface area contributed by atoms with Gasteiger partial charge in [-0.15, -0.1) is 0 Å². The molecule has 0 aliphatic rings. The van der Waals surface area contributed by atoms with E-state index in [1.165, 1.54) is 11.8 Å². The van der Waals surface area contributed by atoms with E-state index in [0.717, 1.165) is 27.5 Å². The Morgan fingerprint density at radius 3 is 2.60 bits per heavy atom. The fourth-order valence-electron chi connectivity index (χ4n) is 1.57. The summed E-state index contributed by atoms with van der Waals surface area (Å²) in [6.07, 6.45) is 1.94. The number of nitrogens with zero attached hydrogens (tertiary/aromatic N) is 2. The van der Waals surface area contributed by atoms with Crippen molar-refractivity contribution >= 4 is 45.0 Å². The topological polar surface area (TPSA) is 59.1 Å². The smallest absolute Gasteiger partial charge is 0.191 e. The van der Waals surface area contributed by atoms with Crippen molar-refractivity contribution in [3.05, 3.63) is 28.7 Å². The van der Waals surface area contributed by atoms with E-state index in [0.29, 0.717) is 5.16 Å². The van der Waals surface area contributed by atoms with Crippen LogP contribution in [-0.4, -0.2) is 30.4 Å². The van der Waals surface area contributed by atoms with Crippen LogP contribution in [0.25, 0.3) is 0 Å². The highest BCUT2D eigenvalue weighted by molar-refractivity contribution is 9.10. The molecule has 0 amide bonds. The number of benzene rings is 1. The first-order chi connectivity index (χ1) is 9.66. The molecule has 2 N–H and O–H groups in total. The summed E-state index contributed by atoms with van der Waals surface area (Å²) in [5.74, 6) is 2.28. The molecule has 0 saturated heterocycles. The first kappa shape index (κ1) is 14.9. The minimum atomic E-state index is 0.707. The fourth-order valence-corrected chi connectivity index (χ4v) is 2.30. The average molecular weight is 355 g/mol. The maximum Gasteiger partial charge on any atom is 0.191 e. The zero-order valence-electron chi connectivity index (χ0n) is 11.4. The van der Waals surface area contributed by atoms with Gasteiger partial charge in [-0.2, -0.15) is 0 Å². The van der Waals surface area contributed by atoms with Gasteiger partial charge in [-0.1, -0.05) is 11.8 Å². The van der Waals surface area contributed by atoms with Crippen molar-refractivity contribution in [2.45, 2.75) is 5.16 Å². The van der Waals surface area contributed by atoms with Crippen molar-refractivity contribution in [2.75, 3.05) is 31.0 Å². The zero-order valence-corrected chi connectivity index (χ0v) is 13.8. The van der Waals surface area contributed by atoms with E-state index >= 15 is 0 Å². The molecule has 0 radical (unpaired) electrons. The summed E-state index contributed by atoms with van der Waals surface area (Å²) in [5, 5.41) is 7.00. The minimum absolute atomic E-state index is 0.707. The van der Waals surface area contributed by atoms with Gasteiger partial charge in [0.05, 0.1) is 12.8 Å². The quantitative estimate of drug-likeness (QED) is 0.629. The number of methoxy groups -OCH3 is 1. The molecule has 0 bridgehead atoms. The highest BCUT2D eigenvalue weighted by Gasteiger charge is 2.07. The number of thioether (sulfide) groups is 1. The fraction of sp³-hybridized carbons (Fsp3) is 0.231. The minimum Gasteiger partial charge on any atom is -0.497 e. The second-order valence-corrected chi connectivity index (χ2v) is 5.47. The van der Waals surface area contributed by atoms with Crippen LogP contribution in [0.1, 0.15) is 0 Å². The van der Waals surface area contributed by atoms with E-state index in [1.54, 1.807) is 7.11 Å². The first-order valence-corrected chi connectivity index (χ1v) is 7.89. The summed E-state index contributed by atoms with van der Waals surface area (Å²) in [4.78, 5) is 8.76. The van der Waals surface area contributed by atoms with Crippen LogP contribution in [0.2, 0.25) is 0 Å². The summed E-state index contributed by atoms with van der Waals surface area (Å²) in [6, 6.07) is 7.58. The molecule has 2 aromatic rings. The standard InChI is InChI=1S/C13H15BrN4OS/c1-15-11-7-12(18-13(17-11)20-3)16-10-6-8(19-2)4-5-9(10)14/h4-7H,1-3H3,(H2,15,16,17,18). The number of anilines is 3. The molecule has 0 spiro atoms. The van der Waals surface area contributed by atoms with Gasteiger partial charge in [-0.25, -0.2) is 9.97 Å². The average Bonchev–Trinajstić information content (AvgIpc) is 2.49. The normalized spacial score (nSPS) is 10.2. The molecule has 5 nitrogen and oxygen atoms in total. The van der Waals surface area contributed by atoms with E-state index < -0.39 is 0 Å². The molecule has 1 aromatic heterocycles. The van der Waals surface area contributed by atoms with E-state index in [4.69, 9.17) is 4.74 Å². The molecule has 106 valence electrons. The third-order valence-electron chi connectivity index (χ3n) is 2.58. The molecule has 7 heteroatoms. The second kappa shape index (κ2) is 6.81. The van der Waals surface area contributed by atoms with Gasteiger partial charge in [0.2, 0.25) is 0 Å². The molecule has 1 heterocycles. The lowest BCUT2D eigenvalue weighted by molar-refractivity contribution is 0.415. The largest absolute Gasteiger partial charge is 0.497 e. The van der Waals surface area contributed by atoms with Gasteiger partial charge in [0, 0.05) is 23.7 Å². The Morgan fingerprint density at radius 1 is 1.20 bits per heavy atom. The predicted octanol–water partition coefficient (Wildman–Crippen LogP) is 3.75. The van der Waals surface area contributed by atoms with Crippen molar-refractivity contribution in [1.82, 2.24) is 9.97 Å². The van der Waals surface area contributed by atoms with Crippen LogP contribution in [0.15, 0.2) is 33.9 Å². The van der Waals surface area contributed by atoms with Crippen molar-refractivity contribution in [3.8, 4) is 5.75 Å². The molecule has 1 aromatic carbocycles. The van der Waals surface area contributed by atoms with Crippen LogP contribution >= 0.6 is 27.7 Å². The van der Waals surface area contributed by atoms with E-state index in [-0.39, 0.29) is 0 Å². The van der Waals surface area contributed by atoms with Gasteiger partial charge < -0.3 is 15.4 Å². The molecule has 0 saturated carbocycles. The van der Waals surface area contributed by atoms with Crippen molar-refractivity contribution in [1.29, 1.82) is 0 Å². The molecular formula is C13H15BrN4OS. The molecule has 20 heavy (non-hydrogen) atoms. The van der Waals surface area contributed by atoms with Gasteiger partial charge >= 0.3 is 0 Å². The van der Waals surface area contributed by atoms with Gasteiger partial charge in [-0.05, 0) is 34.3 Å². The number of hydrogen-bond acceptors (Lipinski definition) is 6.